The summed E-state index contributed by atoms with van der Waals surface area (Å²) in [5.74, 6) is 0. The van der Waals surface area contributed by atoms with Gasteiger partial charge in [-0.15, -0.1) is 0 Å². The van der Waals surface area contributed by atoms with Crippen LogP contribution in [0.2, 0.25) is 0 Å². The summed E-state index contributed by atoms with van der Waals surface area (Å²) in [5.41, 5.74) is 3.77. The Morgan fingerprint density at radius 2 is 1.65 bits per heavy atom. The Morgan fingerprint density at radius 1 is 1.00 bits per heavy atom. The first-order chi connectivity index (χ1) is 9.38. The van der Waals surface area contributed by atoms with Gasteiger partial charge in [0, 0.05) is 21.0 Å². The summed E-state index contributed by atoms with van der Waals surface area (Å²) in [6.07, 6.45) is 0. The van der Waals surface area contributed by atoms with Gasteiger partial charge in [-0.1, -0.05) is 56.1 Å². The van der Waals surface area contributed by atoms with E-state index >= 15 is 0 Å². The smallest absolute Gasteiger partial charge is 0.0380 e. The fourth-order valence-electron chi connectivity index (χ4n) is 2.08. The lowest BCUT2D eigenvalue weighted by atomic mass is 9.94. The topological polar surface area (TPSA) is 12.0 Å². The molecule has 0 aliphatic heterocycles. The fraction of sp³-hybridized carbons (Fsp3) is 0.294. The molecule has 0 aliphatic rings. The third-order valence-electron chi connectivity index (χ3n) is 3.50. The first-order valence-corrected chi connectivity index (χ1v) is 8.23. The van der Waals surface area contributed by atoms with Gasteiger partial charge in [0.2, 0.25) is 0 Å². The maximum atomic E-state index is 3.63. The van der Waals surface area contributed by atoms with Gasteiger partial charge < -0.3 is 5.32 Å². The molecule has 2 aromatic carbocycles. The van der Waals surface area contributed by atoms with E-state index in [4.69, 9.17) is 0 Å². The third-order valence-corrected chi connectivity index (χ3v) is 4.76. The van der Waals surface area contributed by atoms with Gasteiger partial charge in [0.25, 0.3) is 0 Å². The number of rotatable bonds is 4. The Bertz CT molecular complexity index is 588. The van der Waals surface area contributed by atoms with E-state index < -0.39 is 0 Å². The molecule has 106 valence electrons. The second kappa shape index (κ2) is 6.42. The average molecular weight is 397 g/mol. The molecule has 0 heterocycles. The summed E-state index contributed by atoms with van der Waals surface area (Å²) in [5, 5.41) is 3.63. The van der Waals surface area contributed by atoms with Gasteiger partial charge in [-0.3, -0.25) is 0 Å². The van der Waals surface area contributed by atoms with Crippen LogP contribution >= 0.6 is 31.9 Å². The van der Waals surface area contributed by atoms with Crippen molar-refractivity contribution in [2.45, 2.75) is 32.9 Å². The zero-order valence-corrected chi connectivity index (χ0v) is 15.2. The molecule has 3 heteroatoms. The molecule has 1 nitrogen and oxygen atoms in total. The quantitative estimate of drug-likeness (QED) is 0.714. The first kappa shape index (κ1) is 15.7. The standard InChI is InChI=1S/C17H19Br2N/c1-12-4-5-13(16(19)10-12)11-20-17(2,3)14-6-8-15(18)9-7-14/h4-10,20H,11H2,1-3H3. The van der Waals surface area contributed by atoms with Gasteiger partial charge in [0.05, 0.1) is 0 Å². The van der Waals surface area contributed by atoms with Crippen molar-refractivity contribution in [2.24, 2.45) is 0 Å². The van der Waals surface area contributed by atoms with Crippen molar-refractivity contribution >= 4 is 31.9 Å². The summed E-state index contributed by atoms with van der Waals surface area (Å²) in [6.45, 7) is 7.36. The normalized spacial score (nSPS) is 11.7. The Balaban J connectivity index is 2.10. The molecule has 0 saturated carbocycles. The largest absolute Gasteiger partial charge is 0.304 e. The van der Waals surface area contributed by atoms with Gasteiger partial charge in [-0.05, 0) is 55.7 Å². The Hall–Kier alpha value is -0.640. The molecule has 2 aromatic rings. The van der Waals surface area contributed by atoms with Crippen molar-refractivity contribution < 1.29 is 0 Å². The number of aryl methyl sites for hydroxylation is 1. The van der Waals surface area contributed by atoms with E-state index in [0.717, 1.165) is 15.5 Å². The predicted molar refractivity (Wildman–Crippen MR) is 92.9 cm³/mol. The Kier molecular flexibility index (Phi) is 5.05. The van der Waals surface area contributed by atoms with Crippen LogP contribution in [-0.4, -0.2) is 0 Å². The van der Waals surface area contributed by atoms with Crippen LogP contribution in [0.15, 0.2) is 51.4 Å². The molecule has 0 saturated heterocycles. The molecule has 0 amide bonds. The maximum absolute atomic E-state index is 3.63. The van der Waals surface area contributed by atoms with Crippen LogP contribution < -0.4 is 5.32 Å². The van der Waals surface area contributed by atoms with Gasteiger partial charge in [-0.25, -0.2) is 0 Å². The van der Waals surface area contributed by atoms with Crippen LogP contribution in [0, 0.1) is 6.92 Å². The molecule has 0 atom stereocenters. The lowest BCUT2D eigenvalue weighted by Gasteiger charge is -2.27. The van der Waals surface area contributed by atoms with E-state index in [1.54, 1.807) is 0 Å². The van der Waals surface area contributed by atoms with E-state index in [-0.39, 0.29) is 5.54 Å². The zero-order valence-electron chi connectivity index (χ0n) is 12.0. The zero-order chi connectivity index (χ0) is 14.8. The number of hydrogen-bond acceptors (Lipinski definition) is 1. The molecule has 1 N–H and O–H groups in total. The lowest BCUT2D eigenvalue weighted by Crippen LogP contribution is -2.36. The predicted octanol–water partition coefficient (Wildman–Crippen LogP) is 5.54. The van der Waals surface area contributed by atoms with Gasteiger partial charge in [0.15, 0.2) is 0 Å². The summed E-state index contributed by atoms with van der Waals surface area (Å²) >= 11 is 7.11. The van der Waals surface area contributed by atoms with E-state index in [2.05, 4.69) is 100 Å². The molecule has 0 aromatic heterocycles. The highest BCUT2D eigenvalue weighted by Gasteiger charge is 2.19. The van der Waals surface area contributed by atoms with Crippen LogP contribution in [0.3, 0.4) is 0 Å². The SMILES string of the molecule is Cc1ccc(CNC(C)(C)c2ccc(Br)cc2)c(Br)c1. The minimum absolute atomic E-state index is 0.0645. The highest BCUT2D eigenvalue weighted by molar-refractivity contribution is 9.10. The molecular weight excluding hydrogens is 378 g/mol. The van der Waals surface area contributed by atoms with Crippen LogP contribution in [0.1, 0.15) is 30.5 Å². The highest BCUT2D eigenvalue weighted by Crippen LogP contribution is 2.24. The van der Waals surface area contributed by atoms with Crippen molar-refractivity contribution in [3.63, 3.8) is 0 Å². The Morgan fingerprint density at radius 3 is 2.25 bits per heavy atom. The van der Waals surface area contributed by atoms with E-state index in [1.807, 2.05) is 0 Å². The molecule has 0 unspecified atom stereocenters. The molecule has 0 spiro atoms. The van der Waals surface area contributed by atoms with Crippen LogP contribution in [0.4, 0.5) is 0 Å². The van der Waals surface area contributed by atoms with Crippen LogP contribution in [0.25, 0.3) is 0 Å². The molecule has 0 aliphatic carbocycles. The van der Waals surface area contributed by atoms with E-state index in [0.29, 0.717) is 0 Å². The second-order valence-corrected chi connectivity index (χ2v) is 7.35. The summed E-state index contributed by atoms with van der Waals surface area (Å²) in [7, 11) is 0. The molecule has 0 bridgehead atoms. The number of nitrogens with one attached hydrogen (secondary N) is 1. The van der Waals surface area contributed by atoms with Crippen molar-refractivity contribution in [2.75, 3.05) is 0 Å². The van der Waals surface area contributed by atoms with Crippen molar-refractivity contribution in [3.05, 3.63) is 68.1 Å². The molecule has 20 heavy (non-hydrogen) atoms. The van der Waals surface area contributed by atoms with Crippen molar-refractivity contribution in [3.8, 4) is 0 Å². The highest BCUT2D eigenvalue weighted by atomic mass is 79.9. The van der Waals surface area contributed by atoms with Gasteiger partial charge in [-0.2, -0.15) is 0 Å². The average Bonchev–Trinajstić information content (AvgIpc) is 2.38. The first-order valence-electron chi connectivity index (χ1n) is 6.64. The third kappa shape index (κ3) is 3.94. The molecule has 0 fully saturated rings. The lowest BCUT2D eigenvalue weighted by molar-refractivity contribution is 0.401. The van der Waals surface area contributed by atoms with Gasteiger partial charge >= 0.3 is 0 Å². The van der Waals surface area contributed by atoms with Crippen LogP contribution in [-0.2, 0) is 12.1 Å². The molecule has 0 radical (unpaired) electrons. The van der Waals surface area contributed by atoms with Crippen molar-refractivity contribution in [1.82, 2.24) is 5.32 Å². The summed E-state index contributed by atoms with van der Waals surface area (Å²) in [4.78, 5) is 0. The second-order valence-electron chi connectivity index (χ2n) is 5.58. The molecule has 2 rings (SSSR count). The monoisotopic (exact) mass is 395 g/mol. The van der Waals surface area contributed by atoms with E-state index in [1.165, 1.54) is 16.7 Å². The maximum Gasteiger partial charge on any atom is 0.0380 e. The molecular formula is C17H19Br2N. The minimum atomic E-state index is -0.0645. The van der Waals surface area contributed by atoms with Crippen LogP contribution in [0.5, 0.6) is 0 Å². The van der Waals surface area contributed by atoms with Crippen molar-refractivity contribution in [1.29, 1.82) is 0 Å². The minimum Gasteiger partial charge on any atom is -0.304 e. The Labute approximate surface area is 138 Å². The number of hydrogen-bond donors (Lipinski definition) is 1. The van der Waals surface area contributed by atoms with E-state index in [9.17, 15) is 0 Å². The fourth-order valence-corrected chi connectivity index (χ4v) is 2.98. The number of halogens is 2. The summed E-state index contributed by atoms with van der Waals surface area (Å²) < 4.78 is 2.27. The summed E-state index contributed by atoms with van der Waals surface area (Å²) in [6, 6.07) is 15.0. The van der Waals surface area contributed by atoms with Gasteiger partial charge in [0.1, 0.15) is 0 Å². The number of benzene rings is 2.